The molecule has 0 bridgehead atoms. The van der Waals surface area contributed by atoms with Gasteiger partial charge >= 0.3 is 0 Å². The van der Waals surface area contributed by atoms with Gasteiger partial charge in [-0.1, -0.05) is 103 Å². The van der Waals surface area contributed by atoms with Crippen molar-refractivity contribution in [3.63, 3.8) is 0 Å². The number of benzene rings is 4. The number of rotatable bonds is 13. The lowest BCUT2D eigenvalue weighted by molar-refractivity contribution is -0.140. The van der Waals surface area contributed by atoms with Crippen LogP contribution in [0, 0.1) is 6.92 Å². The number of halogens is 2. The molecule has 10 heteroatoms. The third-order valence-corrected chi connectivity index (χ3v) is 9.97. The molecule has 2 atom stereocenters. The van der Waals surface area contributed by atoms with Crippen LogP contribution >= 0.6 is 23.2 Å². The van der Waals surface area contributed by atoms with E-state index in [-0.39, 0.29) is 40.5 Å². The zero-order chi connectivity index (χ0) is 32.6. The lowest BCUT2D eigenvalue weighted by atomic mass is 10.0. The molecule has 0 spiro atoms. The minimum Gasteiger partial charge on any atom is -0.352 e. The topological polar surface area (TPSA) is 86.8 Å². The standard InChI is InChI=1S/C35H37Cl2N3O4S/c1-4-26(3)38-35(42)33(21-27-14-7-5-8-15-27)39(23-28-16-12-11-13-25(28)2)34(41)24-40(32-20-19-29(36)22-31(32)37)45(43,44)30-17-9-6-10-18-30/h5-20,22,26,33H,4,21,23-24H2,1-3H3,(H,38,42)/t26-,33-/m0/s1. The molecule has 1 N–H and O–H groups in total. The molecule has 0 unspecified atom stereocenters. The molecule has 236 valence electrons. The Hall–Kier alpha value is -3.85. The summed E-state index contributed by atoms with van der Waals surface area (Å²) in [5, 5.41) is 3.42. The molecule has 0 heterocycles. The molecule has 4 aromatic rings. The van der Waals surface area contributed by atoms with Crippen molar-refractivity contribution in [2.45, 2.75) is 57.1 Å². The lowest BCUT2D eigenvalue weighted by Crippen LogP contribution is -2.54. The van der Waals surface area contributed by atoms with E-state index in [4.69, 9.17) is 23.2 Å². The minimum absolute atomic E-state index is 0.00961. The maximum absolute atomic E-state index is 14.6. The number of aryl methyl sites for hydroxylation is 1. The molecule has 0 aromatic heterocycles. The minimum atomic E-state index is -4.27. The van der Waals surface area contributed by atoms with Gasteiger partial charge in [-0.2, -0.15) is 0 Å². The van der Waals surface area contributed by atoms with Gasteiger partial charge in [0, 0.05) is 24.0 Å². The molecule has 4 rings (SSSR count). The molecule has 45 heavy (non-hydrogen) atoms. The van der Waals surface area contributed by atoms with E-state index < -0.39 is 28.5 Å². The molecule has 0 radical (unpaired) electrons. The Balaban J connectivity index is 1.83. The van der Waals surface area contributed by atoms with Crippen LogP contribution in [0.3, 0.4) is 0 Å². The smallest absolute Gasteiger partial charge is 0.264 e. The van der Waals surface area contributed by atoms with Crippen LogP contribution in [0.25, 0.3) is 0 Å². The van der Waals surface area contributed by atoms with Crippen LogP contribution in [0.5, 0.6) is 0 Å². The van der Waals surface area contributed by atoms with Crippen LogP contribution in [0.15, 0.2) is 108 Å². The number of hydrogen-bond donors (Lipinski definition) is 1. The second-order valence-corrected chi connectivity index (χ2v) is 13.6. The van der Waals surface area contributed by atoms with Gasteiger partial charge in [0.25, 0.3) is 10.0 Å². The van der Waals surface area contributed by atoms with Crippen LogP contribution in [0.2, 0.25) is 10.0 Å². The van der Waals surface area contributed by atoms with Crippen LogP contribution < -0.4 is 9.62 Å². The molecule has 4 aromatic carbocycles. The molecule has 2 amide bonds. The Morgan fingerprint density at radius 1 is 0.867 bits per heavy atom. The highest BCUT2D eigenvalue weighted by atomic mass is 35.5. The molecular weight excluding hydrogens is 629 g/mol. The first-order valence-electron chi connectivity index (χ1n) is 14.7. The van der Waals surface area contributed by atoms with Crippen molar-refractivity contribution in [2.24, 2.45) is 0 Å². The monoisotopic (exact) mass is 665 g/mol. The number of sulfonamides is 1. The summed E-state index contributed by atoms with van der Waals surface area (Å²) in [4.78, 5) is 30.0. The van der Waals surface area contributed by atoms with Crippen molar-refractivity contribution < 1.29 is 18.0 Å². The van der Waals surface area contributed by atoms with Crippen molar-refractivity contribution in [3.8, 4) is 0 Å². The van der Waals surface area contributed by atoms with Crippen molar-refractivity contribution >= 4 is 50.7 Å². The van der Waals surface area contributed by atoms with E-state index in [1.54, 1.807) is 18.2 Å². The summed E-state index contributed by atoms with van der Waals surface area (Å²) in [5.74, 6) is -0.888. The van der Waals surface area contributed by atoms with E-state index in [9.17, 15) is 18.0 Å². The highest BCUT2D eigenvalue weighted by molar-refractivity contribution is 7.92. The zero-order valence-electron chi connectivity index (χ0n) is 25.5. The van der Waals surface area contributed by atoms with Gasteiger partial charge in [-0.25, -0.2) is 8.42 Å². The fourth-order valence-corrected chi connectivity index (χ4v) is 6.90. The van der Waals surface area contributed by atoms with E-state index in [0.29, 0.717) is 11.4 Å². The number of amides is 2. The van der Waals surface area contributed by atoms with Crippen LogP contribution in [-0.4, -0.2) is 43.8 Å². The van der Waals surface area contributed by atoms with Crippen LogP contribution in [0.4, 0.5) is 5.69 Å². The number of carbonyl (C=O) groups is 2. The van der Waals surface area contributed by atoms with Crippen LogP contribution in [-0.2, 0) is 32.6 Å². The van der Waals surface area contributed by atoms with Gasteiger partial charge in [0.15, 0.2) is 0 Å². The molecule has 0 fully saturated rings. The summed E-state index contributed by atoms with van der Waals surface area (Å²) < 4.78 is 29.2. The Morgan fingerprint density at radius 3 is 2.11 bits per heavy atom. The Bertz CT molecular complexity index is 1720. The molecule has 7 nitrogen and oxygen atoms in total. The van der Waals surface area contributed by atoms with Crippen molar-refractivity contribution in [2.75, 3.05) is 10.8 Å². The molecule has 0 aliphatic heterocycles. The van der Waals surface area contributed by atoms with Crippen molar-refractivity contribution in [1.29, 1.82) is 0 Å². The van der Waals surface area contributed by atoms with E-state index in [0.717, 1.165) is 21.0 Å². The van der Waals surface area contributed by atoms with Gasteiger partial charge in [0.1, 0.15) is 12.6 Å². The number of hydrogen-bond acceptors (Lipinski definition) is 4. The molecular formula is C35H37Cl2N3O4S. The van der Waals surface area contributed by atoms with E-state index >= 15 is 0 Å². The highest BCUT2D eigenvalue weighted by Crippen LogP contribution is 2.33. The Kier molecular flexibility index (Phi) is 11.7. The highest BCUT2D eigenvalue weighted by Gasteiger charge is 2.35. The lowest BCUT2D eigenvalue weighted by Gasteiger charge is -2.34. The maximum Gasteiger partial charge on any atom is 0.264 e. The summed E-state index contributed by atoms with van der Waals surface area (Å²) in [7, 11) is -4.27. The van der Waals surface area contributed by atoms with E-state index in [1.165, 1.54) is 35.2 Å². The maximum atomic E-state index is 14.6. The summed E-state index contributed by atoms with van der Waals surface area (Å²) >= 11 is 12.7. The number of nitrogens with one attached hydrogen (secondary N) is 1. The normalized spacial score (nSPS) is 12.6. The largest absolute Gasteiger partial charge is 0.352 e. The molecule has 0 saturated heterocycles. The van der Waals surface area contributed by atoms with Gasteiger partial charge in [0.05, 0.1) is 15.6 Å². The van der Waals surface area contributed by atoms with Crippen molar-refractivity contribution in [3.05, 3.63) is 130 Å². The molecule has 0 saturated carbocycles. The summed E-state index contributed by atoms with van der Waals surface area (Å²) in [5.41, 5.74) is 2.73. The van der Waals surface area contributed by atoms with Gasteiger partial charge < -0.3 is 10.2 Å². The predicted molar refractivity (Wildman–Crippen MR) is 181 cm³/mol. The van der Waals surface area contributed by atoms with Gasteiger partial charge in [0.2, 0.25) is 11.8 Å². The summed E-state index contributed by atoms with van der Waals surface area (Å²) in [6.45, 7) is 5.29. The second-order valence-electron chi connectivity index (χ2n) is 10.9. The zero-order valence-corrected chi connectivity index (χ0v) is 27.8. The van der Waals surface area contributed by atoms with Crippen molar-refractivity contribution in [1.82, 2.24) is 10.2 Å². The van der Waals surface area contributed by atoms with Gasteiger partial charge in [-0.15, -0.1) is 0 Å². The Labute approximate surface area is 275 Å². The van der Waals surface area contributed by atoms with Gasteiger partial charge in [-0.3, -0.25) is 13.9 Å². The first-order chi connectivity index (χ1) is 21.5. The van der Waals surface area contributed by atoms with E-state index in [2.05, 4.69) is 5.32 Å². The first-order valence-corrected chi connectivity index (χ1v) is 16.9. The second kappa shape index (κ2) is 15.4. The third-order valence-electron chi connectivity index (χ3n) is 7.66. The van der Waals surface area contributed by atoms with Crippen LogP contribution in [0.1, 0.15) is 37.0 Å². The first kappa shape index (κ1) is 34.0. The molecule has 0 aliphatic carbocycles. The average Bonchev–Trinajstić information content (AvgIpc) is 3.03. The number of nitrogens with zero attached hydrogens (tertiary/aromatic N) is 2. The summed E-state index contributed by atoms with van der Waals surface area (Å²) in [6, 6.07) is 28.2. The Morgan fingerprint density at radius 2 is 1.49 bits per heavy atom. The average molecular weight is 667 g/mol. The number of anilines is 1. The van der Waals surface area contributed by atoms with E-state index in [1.807, 2.05) is 75.4 Å². The summed E-state index contributed by atoms with van der Waals surface area (Å²) in [6.07, 6.45) is 0.932. The van der Waals surface area contributed by atoms with Gasteiger partial charge in [-0.05, 0) is 67.3 Å². The number of carbonyl (C=O) groups excluding carboxylic acids is 2. The quantitative estimate of drug-likeness (QED) is 0.166. The fourth-order valence-electron chi connectivity index (χ4n) is 4.88. The fraction of sp³-hybridized carbons (Fsp3) is 0.257. The SMILES string of the molecule is CC[C@H](C)NC(=O)[C@H](Cc1ccccc1)N(Cc1ccccc1C)C(=O)CN(c1ccc(Cl)cc1Cl)S(=O)(=O)c1ccccc1. The predicted octanol–water partition coefficient (Wildman–Crippen LogP) is 7.05. The third kappa shape index (κ3) is 8.66. The molecule has 0 aliphatic rings.